The van der Waals surface area contributed by atoms with E-state index in [0.717, 1.165) is 22.9 Å². The summed E-state index contributed by atoms with van der Waals surface area (Å²) in [5.74, 6) is 1.39. The second-order valence-electron chi connectivity index (χ2n) is 5.12. The Hall–Kier alpha value is -2.79. The van der Waals surface area contributed by atoms with Crippen LogP contribution in [0.25, 0.3) is 0 Å². The van der Waals surface area contributed by atoms with Crippen LogP contribution in [-0.4, -0.2) is 35.5 Å². The third-order valence-electron chi connectivity index (χ3n) is 3.01. The van der Waals surface area contributed by atoms with Gasteiger partial charge in [0.25, 0.3) is 0 Å². The molecule has 1 aromatic carbocycles. The van der Waals surface area contributed by atoms with Crippen molar-refractivity contribution >= 4 is 40.1 Å². The van der Waals surface area contributed by atoms with Gasteiger partial charge in [-0.25, -0.2) is 9.98 Å². The van der Waals surface area contributed by atoms with E-state index in [0.29, 0.717) is 11.1 Å². The lowest BCUT2D eigenvalue weighted by Crippen LogP contribution is -2.12. The van der Waals surface area contributed by atoms with E-state index < -0.39 is 0 Å². The minimum Gasteiger partial charge on any atom is -0.363 e. The average molecular weight is 341 g/mol. The molecule has 0 aliphatic carbocycles. The maximum atomic E-state index is 8.66. The Bertz CT molecular complexity index is 763. The van der Waals surface area contributed by atoms with Crippen molar-refractivity contribution in [1.29, 1.82) is 5.26 Å². The van der Waals surface area contributed by atoms with Gasteiger partial charge in [-0.3, -0.25) is 5.32 Å². The molecule has 0 unspecified atom stereocenters. The summed E-state index contributed by atoms with van der Waals surface area (Å²) in [6.07, 6.45) is 3.73. The molecule has 0 saturated heterocycles. The van der Waals surface area contributed by atoms with Crippen LogP contribution in [0.3, 0.4) is 0 Å². The first-order valence-electron chi connectivity index (χ1n) is 7.19. The number of anilines is 3. The second kappa shape index (κ2) is 8.17. The van der Waals surface area contributed by atoms with Crippen LogP contribution in [0.5, 0.6) is 0 Å². The summed E-state index contributed by atoms with van der Waals surface area (Å²) >= 11 is 1.38. The van der Waals surface area contributed by atoms with Gasteiger partial charge in [-0.1, -0.05) is 11.8 Å². The van der Waals surface area contributed by atoms with Gasteiger partial charge in [-0.05, 0) is 37.4 Å². The lowest BCUT2D eigenvalue weighted by Gasteiger charge is -2.13. The van der Waals surface area contributed by atoms with E-state index in [4.69, 9.17) is 5.26 Å². The van der Waals surface area contributed by atoms with E-state index in [2.05, 4.69) is 25.6 Å². The highest BCUT2D eigenvalue weighted by Gasteiger charge is 2.04. The van der Waals surface area contributed by atoms with Crippen molar-refractivity contribution in [2.75, 3.05) is 30.6 Å². The summed E-state index contributed by atoms with van der Waals surface area (Å²) in [7, 11) is 3.88. The quantitative estimate of drug-likeness (QED) is 0.382. The van der Waals surface area contributed by atoms with Crippen LogP contribution in [-0.2, 0) is 0 Å². The summed E-state index contributed by atoms with van der Waals surface area (Å²) in [4.78, 5) is 15.1. The number of rotatable bonds is 4. The van der Waals surface area contributed by atoms with E-state index >= 15 is 0 Å². The maximum absolute atomic E-state index is 8.66. The monoisotopic (exact) mass is 341 g/mol. The lowest BCUT2D eigenvalue weighted by molar-refractivity contribution is 1.02. The molecular formula is C16H19N7S. The van der Waals surface area contributed by atoms with Crippen molar-refractivity contribution in [1.82, 2.24) is 15.3 Å². The summed E-state index contributed by atoms with van der Waals surface area (Å²) < 4.78 is 0. The molecule has 0 radical (unpaired) electrons. The van der Waals surface area contributed by atoms with Crippen molar-refractivity contribution in [3.05, 3.63) is 36.0 Å². The molecule has 124 valence electrons. The van der Waals surface area contributed by atoms with Crippen LogP contribution >= 0.6 is 11.8 Å². The van der Waals surface area contributed by atoms with Crippen molar-refractivity contribution in [3.8, 4) is 6.19 Å². The normalized spacial score (nSPS) is 10.9. The van der Waals surface area contributed by atoms with E-state index in [9.17, 15) is 0 Å². The number of amidine groups is 1. The molecule has 0 spiro atoms. The average Bonchev–Trinajstić information content (AvgIpc) is 2.55. The number of thioether (sulfide) groups is 1. The van der Waals surface area contributed by atoms with Gasteiger partial charge in [-0.2, -0.15) is 10.2 Å². The van der Waals surface area contributed by atoms with Crippen molar-refractivity contribution in [3.63, 3.8) is 0 Å². The highest BCUT2D eigenvalue weighted by atomic mass is 32.2. The molecule has 7 nitrogen and oxygen atoms in total. The molecule has 2 rings (SSSR count). The predicted octanol–water partition coefficient (Wildman–Crippen LogP) is 3.02. The Morgan fingerprint density at radius 1 is 1.25 bits per heavy atom. The zero-order valence-corrected chi connectivity index (χ0v) is 14.8. The Kier molecular flexibility index (Phi) is 5.98. The van der Waals surface area contributed by atoms with Crippen molar-refractivity contribution in [2.24, 2.45) is 4.99 Å². The van der Waals surface area contributed by atoms with Crippen molar-refractivity contribution in [2.45, 2.75) is 6.92 Å². The van der Waals surface area contributed by atoms with Crippen LogP contribution in [0, 0.1) is 18.4 Å². The van der Waals surface area contributed by atoms with Crippen LogP contribution in [0.2, 0.25) is 0 Å². The number of hydrogen-bond donors (Lipinski definition) is 2. The molecule has 2 N–H and O–H groups in total. The fraction of sp³-hybridized carbons (Fsp3) is 0.250. The molecule has 1 heterocycles. The first-order valence-corrected chi connectivity index (χ1v) is 8.42. The van der Waals surface area contributed by atoms with Gasteiger partial charge in [0, 0.05) is 31.5 Å². The number of aliphatic imine (C=N–C) groups is 1. The zero-order chi connectivity index (χ0) is 17.5. The van der Waals surface area contributed by atoms with Gasteiger partial charge in [0.15, 0.2) is 11.4 Å². The fourth-order valence-corrected chi connectivity index (χ4v) is 2.22. The van der Waals surface area contributed by atoms with Gasteiger partial charge in [0.2, 0.25) is 5.95 Å². The Balaban J connectivity index is 2.16. The molecule has 0 atom stereocenters. The molecule has 0 aliphatic heterocycles. The first kappa shape index (κ1) is 17.6. The molecule has 0 bridgehead atoms. The largest absolute Gasteiger partial charge is 0.363 e. The molecule has 0 saturated carbocycles. The summed E-state index contributed by atoms with van der Waals surface area (Å²) in [6, 6.07) is 9.43. The standard InChI is InChI=1S/C16H19N7S/c1-11-9-14(23(2)3)22-15(19-11)20-12-5-7-13(8-6-12)21-16(24-4)18-10-17/h5-9H,1-4H3,(H,18,21)(H,19,20,22). The number of nitrogens with one attached hydrogen (secondary N) is 2. The van der Waals surface area contributed by atoms with Crippen LogP contribution < -0.4 is 15.5 Å². The Labute approximate surface area is 145 Å². The topological polar surface area (TPSA) is 89.2 Å². The first-order chi connectivity index (χ1) is 11.5. The van der Waals surface area contributed by atoms with E-state index in [1.54, 1.807) is 0 Å². The molecule has 24 heavy (non-hydrogen) atoms. The van der Waals surface area contributed by atoms with Gasteiger partial charge in [-0.15, -0.1) is 0 Å². The van der Waals surface area contributed by atoms with Crippen molar-refractivity contribution < 1.29 is 0 Å². The summed E-state index contributed by atoms with van der Waals surface area (Å²) in [5, 5.41) is 14.9. The molecule has 2 aromatic rings. The van der Waals surface area contributed by atoms with Gasteiger partial charge >= 0.3 is 0 Å². The molecular weight excluding hydrogens is 322 g/mol. The Morgan fingerprint density at radius 2 is 1.96 bits per heavy atom. The van der Waals surface area contributed by atoms with E-state index in [1.807, 2.05) is 68.7 Å². The third kappa shape index (κ3) is 4.86. The van der Waals surface area contributed by atoms with Gasteiger partial charge in [0.1, 0.15) is 5.82 Å². The second-order valence-corrected chi connectivity index (χ2v) is 5.91. The van der Waals surface area contributed by atoms with Crippen LogP contribution in [0.1, 0.15) is 5.69 Å². The summed E-state index contributed by atoms with van der Waals surface area (Å²) in [5.41, 5.74) is 2.51. The number of hydrogen-bond acceptors (Lipinski definition) is 7. The number of aryl methyl sites for hydroxylation is 1. The number of nitrogens with zero attached hydrogens (tertiary/aromatic N) is 5. The molecule has 1 aromatic heterocycles. The van der Waals surface area contributed by atoms with E-state index in [-0.39, 0.29) is 0 Å². The third-order valence-corrected chi connectivity index (χ3v) is 3.59. The molecule has 8 heteroatoms. The van der Waals surface area contributed by atoms with E-state index in [1.165, 1.54) is 11.8 Å². The van der Waals surface area contributed by atoms with Gasteiger partial charge < -0.3 is 10.2 Å². The molecule has 0 amide bonds. The maximum Gasteiger partial charge on any atom is 0.229 e. The zero-order valence-electron chi connectivity index (χ0n) is 14.0. The minimum atomic E-state index is 0.547. The van der Waals surface area contributed by atoms with Crippen LogP contribution in [0.4, 0.5) is 23.1 Å². The number of aromatic nitrogens is 2. The van der Waals surface area contributed by atoms with Gasteiger partial charge in [0.05, 0.1) is 5.69 Å². The highest BCUT2D eigenvalue weighted by Crippen LogP contribution is 2.21. The number of nitriles is 1. The van der Waals surface area contributed by atoms with Crippen LogP contribution in [0.15, 0.2) is 35.3 Å². The smallest absolute Gasteiger partial charge is 0.229 e. The molecule has 0 aliphatic rings. The minimum absolute atomic E-state index is 0.547. The molecule has 0 fully saturated rings. The summed E-state index contributed by atoms with van der Waals surface area (Å²) in [6.45, 7) is 1.93. The number of benzene rings is 1. The Morgan fingerprint density at radius 3 is 2.54 bits per heavy atom. The lowest BCUT2D eigenvalue weighted by atomic mass is 10.3. The predicted molar refractivity (Wildman–Crippen MR) is 100 cm³/mol. The fourth-order valence-electron chi connectivity index (χ4n) is 1.88. The SMILES string of the molecule is CSC(=Nc1ccc(Nc2nc(C)cc(N(C)C)n2)cc1)NC#N. The highest BCUT2D eigenvalue weighted by molar-refractivity contribution is 8.13.